The van der Waals surface area contributed by atoms with Crippen LogP contribution < -0.4 is 4.74 Å². The fraction of sp³-hybridized carbons (Fsp3) is 0.115. The molecule has 2 N–H and O–H groups in total. The first-order valence-electron chi connectivity index (χ1n) is 10.1. The first kappa shape index (κ1) is 22.2. The van der Waals surface area contributed by atoms with Crippen molar-refractivity contribution < 1.29 is 19.7 Å². The number of hydrogen-bond acceptors (Lipinski definition) is 7. The standard InChI is InChI=1S/C26H20N2O4S/c1-16(29)21-9-10-22(23(25(21)31)26-28-11-12-33-26)32-15-17-5-7-19(8-6-17)24(30)20-4-2-3-18(13-20)14-27/h2-13,24,30-31H,15H2,1H3. The van der Waals surface area contributed by atoms with E-state index in [1.54, 1.807) is 60.1 Å². The van der Waals surface area contributed by atoms with Crippen molar-refractivity contribution >= 4 is 17.1 Å². The maximum atomic E-state index is 11.8. The zero-order valence-electron chi connectivity index (χ0n) is 17.7. The zero-order chi connectivity index (χ0) is 23.4. The molecule has 0 aliphatic carbocycles. The van der Waals surface area contributed by atoms with Gasteiger partial charge in [-0.2, -0.15) is 5.26 Å². The smallest absolute Gasteiger partial charge is 0.163 e. The third-order valence-corrected chi connectivity index (χ3v) is 5.98. The van der Waals surface area contributed by atoms with E-state index >= 15 is 0 Å². The highest BCUT2D eigenvalue weighted by molar-refractivity contribution is 7.13. The summed E-state index contributed by atoms with van der Waals surface area (Å²) in [4.78, 5) is 16.1. The number of phenols is 1. The molecule has 0 saturated heterocycles. The van der Waals surface area contributed by atoms with Gasteiger partial charge in [0, 0.05) is 11.6 Å². The van der Waals surface area contributed by atoms with Crippen LogP contribution in [0.3, 0.4) is 0 Å². The van der Waals surface area contributed by atoms with Crippen LogP contribution in [0.4, 0.5) is 0 Å². The lowest BCUT2D eigenvalue weighted by molar-refractivity contribution is 0.101. The van der Waals surface area contributed by atoms with Gasteiger partial charge in [0.2, 0.25) is 0 Å². The largest absolute Gasteiger partial charge is 0.506 e. The van der Waals surface area contributed by atoms with Crippen molar-refractivity contribution in [2.24, 2.45) is 0 Å². The van der Waals surface area contributed by atoms with Gasteiger partial charge in [0.25, 0.3) is 0 Å². The Labute approximate surface area is 195 Å². The lowest BCUT2D eigenvalue weighted by Gasteiger charge is -2.15. The van der Waals surface area contributed by atoms with Crippen molar-refractivity contribution in [2.75, 3.05) is 0 Å². The van der Waals surface area contributed by atoms with Gasteiger partial charge in [0.05, 0.1) is 22.8 Å². The van der Waals surface area contributed by atoms with Gasteiger partial charge in [-0.05, 0) is 47.9 Å². The molecule has 1 atom stereocenters. The number of rotatable bonds is 7. The summed E-state index contributed by atoms with van der Waals surface area (Å²) in [5, 5.41) is 32.7. The number of aromatic nitrogens is 1. The molecular formula is C26H20N2O4S. The Morgan fingerprint density at radius 2 is 1.94 bits per heavy atom. The van der Waals surface area contributed by atoms with E-state index in [1.807, 2.05) is 12.1 Å². The van der Waals surface area contributed by atoms with E-state index in [9.17, 15) is 15.0 Å². The average molecular weight is 457 g/mol. The molecule has 164 valence electrons. The van der Waals surface area contributed by atoms with Crippen molar-refractivity contribution in [3.05, 3.63) is 100 Å². The van der Waals surface area contributed by atoms with Gasteiger partial charge in [-0.3, -0.25) is 4.79 Å². The van der Waals surface area contributed by atoms with E-state index in [0.29, 0.717) is 33.0 Å². The Morgan fingerprint density at radius 1 is 1.15 bits per heavy atom. The van der Waals surface area contributed by atoms with Crippen LogP contribution in [0.1, 0.15) is 45.6 Å². The maximum Gasteiger partial charge on any atom is 0.163 e. The van der Waals surface area contributed by atoms with E-state index in [0.717, 1.165) is 5.56 Å². The Hall–Kier alpha value is -3.99. The molecule has 33 heavy (non-hydrogen) atoms. The molecule has 4 aromatic rings. The zero-order valence-corrected chi connectivity index (χ0v) is 18.5. The molecule has 1 heterocycles. The number of phenolic OH excluding ortho intramolecular Hbond substituents is 1. The Morgan fingerprint density at radius 3 is 2.61 bits per heavy atom. The first-order chi connectivity index (χ1) is 16.0. The number of nitrogens with zero attached hydrogens (tertiary/aromatic N) is 2. The van der Waals surface area contributed by atoms with E-state index < -0.39 is 6.10 Å². The van der Waals surface area contributed by atoms with Crippen molar-refractivity contribution in [3.63, 3.8) is 0 Å². The number of thiazole rings is 1. The van der Waals surface area contributed by atoms with Crippen LogP contribution in [0.25, 0.3) is 10.6 Å². The summed E-state index contributed by atoms with van der Waals surface area (Å²) in [6, 6.07) is 19.5. The maximum absolute atomic E-state index is 11.8. The molecule has 6 nitrogen and oxygen atoms in total. The van der Waals surface area contributed by atoms with Crippen molar-refractivity contribution in [2.45, 2.75) is 19.6 Å². The molecule has 0 spiro atoms. The molecule has 0 amide bonds. The number of ketones is 1. The van der Waals surface area contributed by atoms with E-state index in [1.165, 1.54) is 18.3 Å². The fourth-order valence-electron chi connectivity index (χ4n) is 3.46. The summed E-state index contributed by atoms with van der Waals surface area (Å²) >= 11 is 1.34. The molecule has 3 aromatic carbocycles. The quantitative estimate of drug-likeness (QED) is 0.368. The van der Waals surface area contributed by atoms with E-state index in [4.69, 9.17) is 10.00 Å². The number of carbonyl (C=O) groups excluding carboxylic acids is 1. The predicted octanol–water partition coefficient (Wildman–Crippen LogP) is 5.25. The predicted molar refractivity (Wildman–Crippen MR) is 125 cm³/mol. The summed E-state index contributed by atoms with van der Waals surface area (Å²) in [6.07, 6.45) is 0.779. The molecule has 7 heteroatoms. The molecule has 1 aromatic heterocycles. The summed E-state index contributed by atoms with van der Waals surface area (Å²) < 4.78 is 5.97. The van der Waals surface area contributed by atoms with Gasteiger partial charge < -0.3 is 14.9 Å². The third-order valence-electron chi connectivity index (χ3n) is 5.19. The molecule has 0 fully saturated rings. The van der Waals surface area contributed by atoms with Gasteiger partial charge >= 0.3 is 0 Å². The fourth-order valence-corrected chi connectivity index (χ4v) is 4.15. The van der Waals surface area contributed by atoms with E-state index in [-0.39, 0.29) is 23.7 Å². The van der Waals surface area contributed by atoms with Crippen molar-refractivity contribution in [1.82, 2.24) is 4.98 Å². The van der Waals surface area contributed by atoms with Crippen molar-refractivity contribution in [3.8, 4) is 28.1 Å². The van der Waals surface area contributed by atoms with Gasteiger partial charge in [-0.25, -0.2) is 4.98 Å². The Kier molecular flexibility index (Phi) is 6.50. The van der Waals surface area contributed by atoms with Crippen LogP contribution >= 0.6 is 11.3 Å². The first-order valence-corrected chi connectivity index (χ1v) is 11.0. The number of nitriles is 1. The number of hydrogen-bond donors (Lipinski definition) is 2. The lowest BCUT2D eigenvalue weighted by atomic mass is 9.99. The second kappa shape index (κ2) is 9.65. The summed E-state index contributed by atoms with van der Waals surface area (Å²) in [5.74, 6) is 0.0317. The van der Waals surface area contributed by atoms with Crippen molar-refractivity contribution in [1.29, 1.82) is 5.26 Å². The Bertz CT molecular complexity index is 1330. The molecule has 0 bridgehead atoms. The molecule has 0 aliphatic rings. The minimum Gasteiger partial charge on any atom is -0.506 e. The van der Waals surface area contributed by atoms with Crippen LogP contribution in [-0.4, -0.2) is 21.0 Å². The Balaban J connectivity index is 1.54. The molecule has 0 aliphatic heterocycles. The molecule has 0 radical (unpaired) electrons. The monoisotopic (exact) mass is 456 g/mol. The second-order valence-corrected chi connectivity index (χ2v) is 8.29. The van der Waals surface area contributed by atoms with Gasteiger partial charge in [-0.15, -0.1) is 11.3 Å². The van der Waals surface area contributed by atoms with E-state index in [2.05, 4.69) is 11.1 Å². The highest BCUT2D eigenvalue weighted by Crippen LogP contribution is 2.41. The number of aliphatic hydroxyl groups is 1. The summed E-state index contributed by atoms with van der Waals surface area (Å²) in [7, 11) is 0. The van der Waals surface area contributed by atoms with Crippen LogP contribution in [0.5, 0.6) is 11.5 Å². The molecule has 1 unspecified atom stereocenters. The van der Waals surface area contributed by atoms with Gasteiger partial charge in [0.1, 0.15) is 29.2 Å². The van der Waals surface area contributed by atoms with Crippen LogP contribution in [-0.2, 0) is 6.61 Å². The van der Waals surface area contributed by atoms with Gasteiger partial charge in [0.15, 0.2) is 5.78 Å². The topological polar surface area (TPSA) is 103 Å². The minimum atomic E-state index is -0.846. The third kappa shape index (κ3) is 4.77. The lowest BCUT2D eigenvalue weighted by Crippen LogP contribution is -2.02. The van der Waals surface area contributed by atoms with Crippen LogP contribution in [0.15, 0.2) is 72.2 Å². The van der Waals surface area contributed by atoms with Crippen LogP contribution in [0, 0.1) is 11.3 Å². The number of ether oxygens (including phenoxy) is 1. The minimum absolute atomic E-state index is 0.145. The SMILES string of the molecule is CC(=O)c1ccc(OCc2ccc(C(O)c3cccc(C#N)c3)cc2)c(-c2nccs2)c1O. The number of aromatic hydroxyl groups is 1. The highest BCUT2D eigenvalue weighted by Gasteiger charge is 2.20. The highest BCUT2D eigenvalue weighted by atomic mass is 32.1. The number of aliphatic hydroxyl groups excluding tert-OH is 1. The summed E-state index contributed by atoms with van der Waals surface area (Å²) in [5.41, 5.74) is 3.30. The second-order valence-electron chi connectivity index (χ2n) is 7.40. The normalized spacial score (nSPS) is 11.5. The number of carbonyl (C=O) groups is 1. The molecular weight excluding hydrogens is 436 g/mol. The molecule has 0 saturated carbocycles. The average Bonchev–Trinajstić information content (AvgIpc) is 3.37. The number of benzene rings is 3. The van der Waals surface area contributed by atoms with Crippen LogP contribution in [0.2, 0.25) is 0 Å². The molecule has 4 rings (SSSR count). The van der Waals surface area contributed by atoms with Gasteiger partial charge in [-0.1, -0.05) is 36.4 Å². The number of Topliss-reactive ketones (excluding diaryl/α,β-unsaturated/α-hetero) is 1. The summed E-state index contributed by atoms with van der Waals surface area (Å²) in [6.45, 7) is 1.62.